The van der Waals surface area contributed by atoms with Gasteiger partial charge in [-0.3, -0.25) is 29.1 Å². The van der Waals surface area contributed by atoms with Gasteiger partial charge in [0, 0.05) is 78.2 Å². The molecule has 3 rings (SSSR count). The topological polar surface area (TPSA) is 106 Å². The molecule has 0 bridgehead atoms. The molecule has 0 amide bonds. The van der Waals surface area contributed by atoms with Gasteiger partial charge in [0.05, 0.1) is 18.3 Å². The standard InChI is InChI=1S/C39H69N3O7/c1-25(43)17-29(32(45)48-27-21-36(6,7)41(15)37(8,9)22-27)30(33(46)49-28-23-38(10,11)42(16)39(12,13)24-28)18-31(44)47-26-19-34(2,3)40(14)35(4,5)20-26/h26-30H,17-24H2,1-16H3. The molecule has 0 radical (unpaired) electrons. The summed E-state index contributed by atoms with van der Waals surface area (Å²) in [5.41, 5.74) is -1.41. The highest BCUT2D eigenvalue weighted by molar-refractivity contribution is 5.89. The first-order chi connectivity index (χ1) is 22.0. The van der Waals surface area contributed by atoms with Gasteiger partial charge in [0.2, 0.25) is 0 Å². The number of rotatable bonds is 10. The molecule has 3 fully saturated rings. The SMILES string of the molecule is CC(=O)CC(C(=O)OC1CC(C)(C)N(C)C(C)(C)C1)C(CC(=O)OC1CC(C)(C)N(C)C(C)(C)C1)C(=O)OC1CC(C)(C)N(C)C(C)(C)C1. The molecular formula is C39H69N3O7. The number of hydrogen-bond donors (Lipinski definition) is 0. The third kappa shape index (κ3) is 9.65. The van der Waals surface area contributed by atoms with E-state index in [4.69, 9.17) is 14.2 Å². The molecule has 3 aliphatic rings. The van der Waals surface area contributed by atoms with Gasteiger partial charge in [-0.15, -0.1) is 0 Å². The number of carbonyl (C=O) groups is 4. The molecule has 10 heteroatoms. The van der Waals surface area contributed by atoms with E-state index < -0.39 is 42.0 Å². The second kappa shape index (κ2) is 14.2. The fraction of sp³-hybridized carbons (Fsp3) is 0.897. The number of ether oxygens (including phenoxy) is 3. The van der Waals surface area contributed by atoms with Gasteiger partial charge >= 0.3 is 17.9 Å². The third-order valence-electron chi connectivity index (χ3n) is 12.7. The summed E-state index contributed by atoms with van der Waals surface area (Å²) in [7, 11) is 6.24. The molecule has 0 aromatic carbocycles. The van der Waals surface area contributed by atoms with Gasteiger partial charge in [0.25, 0.3) is 0 Å². The Bertz CT molecular complexity index is 1200. The Morgan fingerprint density at radius 3 is 1.00 bits per heavy atom. The number of nitrogens with zero attached hydrogens (tertiary/aromatic N) is 3. The molecule has 49 heavy (non-hydrogen) atoms. The lowest BCUT2D eigenvalue weighted by Gasteiger charge is -2.53. The number of esters is 3. The van der Waals surface area contributed by atoms with E-state index in [1.165, 1.54) is 6.92 Å². The first-order valence-electron chi connectivity index (χ1n) is 18.3. The van der Waals surface area contributed by atoms with E-state index in [2.05, 4.69) is 119 Å². The number of likely N-dealkylation sites (tertiary alicyclic amines) is 3. The first kappa shape index (κ1) is 41.4. The molecule has 0 aliphatic carbocycles. The van der Waals surface area contributed by atoms with E-state index in [9.17, 15) is 19.2 Å². The second-order valence-corrected chi connectivity index (χ2v) is 19.3. The largest absolute Gasteiger partial charge is 0.462 e. The zero-order chi connectivity index (χ0) is 37.7. The molecule has 282 valence electrons. The Morgan fingerprint density at radius 2 is 0.735 bits per heavy atom. The summed E-state index contributed by atoms with van der Waals surface area (Å²) in [4.78, 5) is 61.8. The van der Waals surface area contributed by atoms with Gasteiger partial charge in [-0.1, -0.05) is 0 Å². The predicted octanol–water partition coefficient (Wildman–Crippen LogP) is 6.17. The summed E-state index contributed by atoms with van der Waals surface area (Å²) >= 11 is 0. The zero-order valence-corrected chi connectivity index (χ0v) is 33.7. The van der Waals surface area contributed by atoms with Crippen LogP contribution in [0.25, 0.3) is 0 Å². The number of piperidine rings is 3. The van der Waals surface area contributed by atoms with E-state index in [0.29, 0.717) is 38.5 Å². The van der Waals surface area contributed by atoms with Gasteiger partial charge < -0.3 is 19.0 Å². The first-order valence-corrected chi connectivity index (χ1v) is 18.3. The fourth-order valence-electron chi connectivity index (χ4n) is 9.10. The molecule has 0 aromatic heterocycles. The van der Waals surface area contributed by atoms with Crippen LogP contribution in [-0.2, 0) is 33.4 Å². The highest BCUT2D eigenvalue weighted by atomic mass is 16.6. The van der Waals surface area contributed by atoms with Crippen LogP contribution in [0.5, 0.6) is 0 Å². The normalized spacial score (nSPS) is 27.1. The van der Waals surface area contributed by atoms with E-state index in [-0.39, 0.29) is 58.0 Å². The molecule has 0 aromatic rings. The van der Waals surface area contributed by atoms with Gasteiger partial charge in [-0.25, -0.2) is 0 Å². The van der Waals surface area contributed by atoms with Crippen LogP contribution in [0.1, 0.15) is 141 Å². The molecule has 3 heterocycles. The van der Waals surface area contributed by atoms with Crippen molar-refractivity contribution in [3.63, 3.8) is 0 Å². The molecule has 3 aliphatic heterocycles. The summed E-state index contributed by atoms with van der Waals surface area (Å²) in [6.45, 7) is 26.9. The smallest absolute Gasteiger partial charge is 0.310 e. The summed E-state index contributed by atoms with van der Waals surface area (Å²) in [6.07, 6.45) is 1.86. The molecule has 3 saturated heterocycles. The average Bonchev–Trinajstić information content (AvgIpc) is 2.89. The van der Waals surface area contributed by atoms with E-state index >= 15 is 0 Å². The Hall–Kier alpha value is -2.04. The Balaban J connectivity index is 1.93. The van der Waals surface area contributed by atoms with Crippen molar-refractivity contribution in [1.29, 1.82) is 0 Å². The van der Waals surface area contributed by atoms with Crippen molar-refractivity contribution in [3.8, 4) is 0 Å². The second-order valence-electron chi connectivity index (χ2n) is 19.3. The number of ketones is 1. The van der Waals surface area contributed by atoms with Crippen LogP contribution >= 0.6 is 0 Å². The van der Waals surface area contributed by atoms with Gasteiger partial charge in [-0.05, 0) is 111 Å². The van der Waals surface area contributed by atoms with Crippen molar-refractivity contribution in [2.75, 3.05) is 21.1 Å². The van der Waals surface area contributed by atoms with Gasteiger partial charge in [0.15, 0.2) is 0 Å². The molecule has 2 unspecified atom stereocenters. The van der Waals surface area contributed by atoms with Gasteiger partial charge in [-0.2, -0.15) is 0 Å². The monoisotopic (exact) mass is 692 g/mol. The maximum absolute atomic E-state index is 14.3. The number of carbonyl (C=O) groups excluding carboxylic acids is 4. The molecule has 0 saturated carbocycles. The van der Waals surface area contributed by atoms with E-state index in [0.717, 1.165) is 0 Å². The number of hydrogen-bond acceptors (Lipinski definition) is 10. The minimum absolute atomic E-state index is 0.213. The van der Waals surface area contributed by atoms with Gasteiger partial charge in [0.1, 0.15) is 24.1 Å². The fourth-order valence-corrected chi connectivity index (χ4v) is 9.10. The molecule has 2 atom stereocenters. The number of Topliss-reactive ketones (excluding diaryl/α,β-unsaturated/α-hetero) is 1. The summed E-state index contributed by atoms with van der Waals surface area (Å²) in [5, 5.41) is 0. The van der Waals surface area contributed by atoms with Crippen molar-refractivity contribution in [1.82, 2.24) is 14.7 Å². The van der Waals surface area contributed by atoms with Crippen LogP contribution < -0.4 is 0 Å². The zero-order valence-electron chi connectivity index (χ0n) is 33.7. The Labute approximate surface area is 297 Å². The van der Waals surface area contributed by atoms with E-state index in [1.807, 2.05) is 0 Å². The lowest BCUT2D eigenvalue weighted by Crippen LogP contribution is -2.61. The highest BCUT2D eigenvalue weighted by Crippen LogP contribution is 2.42. The van der Waals surface area contributed by atoms with Crippen molar-refractivity contribution in [2.45, 2.75) is 193 Å². The van der Waals surface area contributed by atoms with Crippen molar-refractivity contribution in [2.24, 2.45) is 11.8 Å². The maximum atomic E-state index is 14.3. The summed E-state index contributed by atoms with van der Waals surface area (Å²) < 4.78 is 18.5. The van der Waals surface area contributed by atoms with Crippen LogP contribution in [-0.4, -0.2) is 111 Å². The summed E-state index contributed by atoms with van der Waals surface area (Å²) in [6, 6.07) is 0. The maximum Gasteiger partial charge on any atom is 0.310 e. The minimum atomic E-state index is -1.23. The van der Waals surface area contributed by atoms with Crippen LogP contribution in [0.2, 0.25) is 0 Å². The van der Waals surface area contributed by atoms with Crippen LogP contribution in [0, 0.1) is 11.8 Å². The Morgan fingerprint density at radius 1 is 0.490 bits per heavy atom. The average molecular weight is 692 g/mol. The molecular weight excluding hydrogens is 622 g/mol. The molecule has 0 spiro atoms. The molecule has 0 N–H and O–H groups in total. The van der Waals surface area contributed by atoms with E-state index in [1.54, 1.807) is 0 Å². The predicted molar refractivity (Wildman–Crippen MR) is 192 cm³/mol. The van der Waals surface area contributed by atoms with Crippen LogP contribution in [0.15, 0.2) is 0 Å². The van der Waals surface area contributed by atoms with Crippen LogP contribution in [0.4, 0.5) is 0 Å². The van der Waals surface area contributed by atoms with Crippen molar-refractivity contribution < 1.29 is 33.4 Å². The van der Waals surface area contributed by atoms with Crippen LogP contribution in [0.3, 0.4) is 0 Å². The lowest BCUT2D eigenvalue weighted by atomic mass is 9.78. The Kier molecular flexibility index (Phi) is 12.0. The lowest BCUT2D eigenvalue weighted by molar-refractivity contribution is -0.180. The van der Waals surface area contributed by atoms with Crippen molar-refractivity contribution >= 4 is 23.7 Å². The summed E-state index contributed by atoms with van der Waals surface area (Å²) in [5.74, 6) is -4.55. The minimum Gasteiger partial charge on any atom is -0.462 e. The molecule has 10 nitrogen and oxygen atoms in total. The highest BCUT2D eigenvalue weighted by Gasteiger charge is 2.49. The third-order valence-corrected chi connectivity index (χ3v) is 12.7. The quantitative estimate of drug-likeness (QED) is 0.195. The van der Waals surface area contributed by atoms with Crippen molar-refractivity contribution in [3.05, 3.63) is 0 Å².